The molecule has 118 valence electrons. The van der Waals surface area contributed by atoms with Crippen LogP contribution in [0.1, 0.15) is 43.0 Å². The summed E-state index contributed by atoms with van der Waals surface area (Å²) in [4.78, 5) is 5.17. The van der Waals surface area contributed by atoms with E-state index in [1.54, 1.807) is 0 Å². The highest BCUT2D eigenvalue weighted by atomic mass is 15.3. The minimum absolute atomic E-state index is 0.365. The number of nitrogens with zero attached hydrogens (tertiary/aromatic N) is 2. The number of rotatable bonds is 5. The molecule has 1 fully saturated rings. The lowest BCUT2D eigenvalue weighted by Crippen LogP contribution is -2.51. The summed E-state index contributed by atoms with van der Waals surface area (Å²) in [6.07, 6.45) is 1.23. The molecule has 3 nitrogen and oxygen atoms in total. The molecule has 1 saturated heterocycles. The molecule has 2 unspecified atom stereocenters. The first-order valence-electron chi connectivity index (χ1n) is 8.32. The van der Waals surface area contributed by atoms with Crippen LogP contribution < -0.4 is 5.73 Å². The van der Waals surface area contributed by atoms with E-state index in [-0.39, 0.29) is 0 Å². The summed E-state index contributed by atoms with van der Waals surface area (Å²) in [5, 5.41) is 0. The summed E-state index contributed by atoms with van der Waals surface area (Å²) >= 11 is 0. The molecule has 2 atom stereocenters. The van der Waals surface area contributed by atoms with E-state index in [0.29, 0.717) is 18.6 Å². The monoisotopic (exact) mass is 289 g/mol. The molecule has 1 heterocycles. The van der Waals surface area contributed by atoms with E-state index in [1.807, 2.05) is 0 Å². The van der Waals surface area contributed by atoms with Gasteiger partial charge in [0.15, 0.2) is 0 Å². The fourth-order valence-electron chi connectivity index (χ4n) is 3.36. The molecule has 0 bridgehead atoms. The van der Waals surface area contributed by atoms with E-state index < -0.39 is 0 Å². The van der Waals surface area contributed by atoms with Gasteiger partial charge in [-0.2, -0.15) is 0 Å². The Balaban J connectivity index is 2.08. The highest BCUT2D eigenvalue weighted by Crippen LogP contribution is 2.26. The Kier molecular flexibility index (Phi) is 5.80. The molecule has 0 aliphatic carbocycles. The first-order valence-corrected chi connectivity index (χ1v) is 8.32. The Bertz CT molecular complexity index is 450. The van der Waals surface area contributed by atoms with Crippen LogP contribution in [0.4, 0.5) is 0 Å². The summed E-state index contributed by atoms with van der Waals surface area (Å²) < 4.78 is 0. The fourth-order valence-corrected chi connectivity index (χ4v) is 3.36. The zero-order valence-corrected chi connectivity index (χ0v) is 14.1. The SMILES string of the molecule is CCC(C)N1CCN(C(CN)c2cccc(C)c2C)CC1. The minimum atomic E-state index is 0.365. The number of benzene rings is 1. The molecule has 3 heteroatoms. The number of aryl methyl sites for hydroxylation is 1. The van der Waals surface area contributed by atoms with E-state index in [1.165, 1.54) is 23.1 Å². The molecule has 0 radical (unpaired) electrons. The number of piperazine rings is 1. The van der Waals surface area contributed by atoms with Crippen molar-refractivity contribution in [3.8, 4) is 0 Å². The van der Waals surface area contributed by atoms with Gasteiger partial charge in [0.2, 0.25) is 0 Å². The van der Waals surface area contributed by atoms with E-state index >= 15 is 0 Å². The maximum absolute atomic E-state index is 6.12. The highest BCUT2D eigenvalue weighted by molar-refractivity contribution is 5.35. The summed E-state index contributed by atoms with van der Waals surface area (Å²) in [7, 11) is 0. The van der Waals surface area contributed by atoms with Crippen molar-refractivity contribution in [2.75, 3.05) is 32.7 Å². The Labute approximate surface area is 130 Å². The van der Waals surface area contributed by atoms with Crippen molar-refractivity contribution in [1.29, 1.82) is 0 Å². The Morgan fingerprint density at radius 2 is 1.71 bits per heavy atom. The summed E-state index contributed by atoms with van der Waals surface area (Å²) in [5.41, 5.74) is 10.3. The molecule has 21 heavy (non-hydrogen) atoms. The van der Waals surface area contributed by atoms with Crippen molar-refractivity contribution in [2.24, 2.45) is 5.73 Å². The zero-order valence-electron chi connectivity index (χ0n) is 14.1. The number of hydrogen-bond acceptors (Lipinski definition) is 3. The van der Waals surface area contributed by atoms with Gasteiger partial charge in [-0.1, -0.05) is 25.1 Å². The van der Waals surface area contributed by atoms with Gasteiger partial charge < -0.3 is 5.73 Å². The normalized spacial score (nSPS) is 20.4. The first-order chi connectivity index (χ1) is 10.1. The third kappa shape index (κ3) is 3.65. The molecule has 2 rings (SSSR count). The molecule has 1 aromatic rings. The molecule has 0 saturated carbocycles. The maximum Gasteiger partial charge on any atom is 0.0474 e. The van der Waals surface area contributed by atoms with Crippen LogP contribution in [-0.2, 0) is 0 Å². The van der Waals surface area contributed by atoms with Gasteiger partial charge in [-0.15, -0.1) is 0 Å². The summed E-state index contributed by atoms with van der Waals surface area (Å²) in [5.74, 6) is 0. The second-order valence-electron chi connectivity index (χ2n) is 6.37. The Morgan fingerprint density at radius 3 is 2.29 bits per heavy atom. The summed E-state index contributed by atoms with van der Waals surface area (Å²) in [6.45, 7) is 14.3. The molecule has 1 aliphatic heterocycles. The first kappa shape index (κ1) is 16.5. The Morgan fingerprint density at radius 1 is 1.10 bits per heavy atom. The van der Waals surface area contributed by atoms with E-state index in [4.69, 9.17) is 5.73 Å². The average molecular weight is 289 g/mol. The van der Waals surface area contributed by atoms with Gasteiger partial charge in [0.05, 0.1) is 0 Å². The van der Waals surface area contributed by atoms with Gasteiger partial charge in [-0.3, -0.25) is 9.80 Å². The lowest BCUT2D eigenvalue weighted by atomic mass is 9.96. The van der Waals surface area contributed by atoms with E-state index in [2.05, 4.69) is 55.7 Å². The van der Waals surface area contributed by atoms with Crippen molar-refractivity contribution >= 4 is 0 Å². The molecule has 0 aromatic heterocycles. The molecule has 0 spiro atoms. The Hall–Kier alpha value is -0.900. The van der Waals surface area contributed by atoms with Crippen LogP contribution in [0.25, 0.3) is 0 Å². The van der Waals surface area contributed by atoms with Crippen molar-refractivity contribution < 1.29 is 0 Å². The topological polar surface area (TPSA) is 32.5 Å². The third-order valence-corrected chi connectivity index (χ3v) is 5.23. The van der Waals surface area contributed by atoms with E-state index in [9.17, 15) is 0 Å². The predicted octanol–water partition coefficient (Wildman–Crippen LogP) is 2.72. The van der Waals surface area contributed by atoms with Gasteiger partial charge >= 0.3 is 0 Å². The van der Waals surface area contributed by atoms with Crippen molar-refractivity contribution in [3.63, 3.8) is 0 Å². The van der Waals surface area contributed by atoms with Crippen LogP contribution in [0.2, 0.25) is 0 Å². The van der Waals surface area contributed by atoms with Crippen LogP contribution in [0.5, 0.6) is 0 Å². The van der Waals surface area contributed by atoms with Gasteiger partial charge in [-0.25, -0.2) is 0 Å². The van der Waals surface area contributed by atoms with E-state index in [0.717, 1.165) is 26.2 Å². The maximum atomic E-state index is 6.12. The second-order valence-corrected chi connectivity index (χ2v) is 6.37. The van der Waals surface area contributed by atoms with Crippen LogP contribution in [0, 0.1) is 13.8 Å². The molecule has 2 N–H and O–H groups in total. The second kappa shape index (κ2) is 7.39. The molecular weight excluding hydrogens is 258 g/mol. The van der Waals surface area contributed by atoms with Crippen molar-refractivity contribution in [3.05, 3.63) is 34.9 Å². The average Bonchev–Trinajstić information content (AvgIpc) is 2.52. The van der Waals surface area contributed by atoms with Crippen molar-refractivity contribution in [1.82, 2.24) is 9.80 Å². The van der Waals surface area contributed by atoms with Crippen LogP contribution in [-0.4, -0.2) is 48.6 Å². The lowest BCUT2D eigenvalue weighted by molar-refractivity contribution is 0.0741. The smallest absolute Gasteiger partial charge is 0.0474 e. The quantitative estimate of drug-likeness (QED) is 0.904. The molecular formula is C18H31N3. The molecule has 1 aliphatic rings. The van der Waals surface area contributed by atoms with Gasteiger partial charge in [-0.05, 0) is 43.9 Å². The fraction of sp³-hybridized carbons (Fsp3) is 0.667. The number of hydrogen-bond donors (Lipinski definition) is 1. The third-order valence-electron chi connectivity index (χ3n) is 5.23. The van der Waals surface area contributed by atoms with Crippen LogP contribution in [0.15, 0.2) is 18.2 Å². The van der Waals surface area contributed by atoms with Gasteiger partial charge in [0, 0.05) is 44.8 Å². The highest BCUT2D eigenvalue weighted by Gasteiger charge is 2.26. The van der Waals surface area contributed by atoms with Crippen LogP contribution >= 0.6 is 0 Å². The van der Waals surface area contributed by atoms with Crippen LogP contribution in [0.3, 0.4) is 0 Å². The molecule has 1 aromatic carbocycles. The summed E-state index contributed by atoms with van der Waals surface area (Å²) in [6, 6.07) is 7.66. The predicted molar refractivity (Wildman–Crippen MR) is 90.6 cm³/mol. The standard InChI is InChI=1S/C18H31N3/c1-5-15(3)20-9-11-21(12-10-20)18(13-19)17-8-6-7-14(2)16(17)4/h6-8,15,18H,5,9-13,19H2,1-4H3. The van der Waals surface area contributed by atoms with Gasteiger partial charge in [0.1, 0.15) is 0 Å². The minimum Gasteiger partial charge on any atom is -0.329 e. The van der Waals surface area contributed by atoms with Crippen molar-refractivity contribution in [2.45, 2.75) is 46.2 Å². The largest absolute Gasteiger partial charge is 0.329 e. The number of nitrogens with two attached hydrogens (primary N) is 1. The molecule has 0 amide bonds. The van der Waals surface area contributed by atoms with Gasteiger partial charge in [0.25, 0.3) is 0 Å². The lowest BCUT2D eigenvalue weighted by Gasteiger charge is -2.41. The zero-order chi connectivity index (χ0) is 15.4.